The van der Waals surface area contributed by atoms with Crippen LogP contribution >= 0.6 is 0 Å². The van der Waals surface area contributed by atoms with E-state index < -0.39 is 16.1 Å². The molecule has 1 aliphatic heterocycles. The molecule has 0 saturated carbocycles. The van der Waals surface area contributed by atoms with E-state index in [1.165, 1.54) is 6.07 Å². The van der Waals surface area contributed by atoms with Gasteiger partial charge in [-0.1, -0.05) is 17.7 Å². The highest BCUT2D eigenvalue weighted by Gasteiger charge is 2.24. The molecule has 2 N–H and O–H groups in total. The highest BCUT2D eigenvalue weighted by molar-refractivity contribution is 7.92. The maximum Gasteiger partial charge on any atom is 0.265 e. The molecule has 120 valence electrons. The van der Waals surface area contributed by atoms with Gasteiger partial charge >= 0.3 is 0 Å². The predicted octanol–water partition coefficient (Wildman–Crippen LogP) is 2.52. The summed E-state index contributed by atoms with van der Waals surface area (Å²) in [7, 11) is -3.68. The SMILES string of the molecule is Cc1ccc(S(=O)(=O)Nc2ccc3c(c2)NC(=O)[C@H](C)O3)cc1. The third-order valence-corrected chi connectivity index (χ3v) is 4.89. The number of fused-ring (bicyclic) bond motifs is 1. The van der Waals surface area contributed by atoms with Crippen molar-refractivity contribution in [3.05, 3.63) is 48.0 Å². The van der Waals surface area contributed by atoms with Crippen molar-refractivity contribution in [3.8, 4) is 5.75 Å². The van der Waals surface area contributed by atoms with Gasteiger partial charge in [-0.05, 0) is 44.2 Å². The number of rotatable bonds is 3. The normalized spacial score (nSPS) is 17.0. The molecule has 0 aromatic heterocycles. The summed E-state index contributed by atoms with van der Waals surface area (Å²) in [6, 6.07) is 11.3. The van der Waals surface area contributed by atoms with Crippen LogP contribution in [0.2, 0.25) is 0 Å². The second-order valence-corrected chi connectivity index (χ2v) is 7.06. The van der Waals surface area contributed by atoms with Gasteiger partial charge in [-0.2, -0.15) is 0 Å². The Hall–Kier alpha value is -2.54. The fourth-order valence-corrected chi connectivity index (χ4v) is 3.25. The zero-order valence-electron chi connectivity index (χ0n) is 12.7. The van der Waals surface area contributed by atoms with Crippen LogP contribution in [0.4, 0.5) is 11.4 Å². The molecule has 0 unspecified atom stereocenters. The molecule has 0 bridgehead atoms. The number of hydrogen-bond acceptors (Lipinski definition) is 4. The summed E-state index contributed by atoms with van der Waals surface area (Å²) in [4.78, 5) is 11.8. The van der Waals surface area contributed by atoms with E-state index in [-0.39, 0.29) is 10.8 Å². The Balaban J connectivity index is 1.87. The summed E-state index contributed by atoms with van der Waals surface area (Å²) in [5, 5.41) is 2.68. The monoisotopic (exact) mass is 332 g/mol. The average molecular weight is 332 g/mol. The van der Waals surface area contributed by atoms with Crippen LogP contribution in [-0.2, 0) is 14.8 Å². The molecule has 2 aromatic carbocycles. The lowest BCUT2D eigenvalue weighted by Gasteiger charge is -2.23. The maximum absolute atomic E-state index is 12.4. The van der Waals surface area contributed by atoms with Crippen LogP contribution in [0.1, 0.15) is 12.5 Å². The predicted molar refractivity (Wildman–Crippen MR) is 87.1 cm³/mol. The van der Waals surface area contributed by atoms with Crippen LogP contribution in [0.15, 0.2) is 47.4 Å². The van der Waals surface area contributed by atoms with Crippen LogP contribution in [0, 0.1) is 6.92 Å². The molecular formula is C16H16N2O4S. The van der Waals surface area contributed by atoms with Gasteiger partial charge in [0.1, 0.15) is 5.75 Å². The summed E-state index contributed by atoms with van der Waals surface area (Å²) in [5.74, 6) is 0.242. The molecule has 2 aromatic rings. The summed E-state index contributed by atoms with van der Waals surface area (Å²) >= 11 is 0. The van der Waals surface area contributed by atoms with Crippen LogP contribution in [-0.4, -0.2) is 20.4 Å². The lowest BCUT2D eigenvalue weighted by atomic mass is 10.2. The lowest BCUT2D eigenvalue weighted by Crippen LogP contribution is -2.34. The van der Waals surface area contributed by atoms with Gasteiger partial charge in [-0.3, -0.25) is 9.52 Å². The fourth-order valence-electron chi connectivity index (χ4n) is 2.20. The number of amides is 1. The minimum absolute atomic E-state index is 0.176. The van der Waals surface area contributed by atoms with Crippen molar-refractivity contribution in [2.45, 2.75) is 24.8 Å². The maximum atomic E-state index is 12.4. The number of sulfonamides is 1. The Kier molecular flexibility index (Phi) is 3.73. The van der Waals surface area contributed by atoms with E-state index in [4.69, 9.17) is 4.74 Å². The van der Waals surface area contributed by atoms with Crippen LogP contribution in [0.25, 0.3) is 0 Å². The first kappa shape index (κ1) is 15.4. The van der Waals surface area contributed by atoms with E-state index in [9.17, 15) is 13.2 Å². The smallest absolute Gasteiger partial charge is 0.265 e. The third kappa shape index (κ3) is 3.14. The fraction of sp³-hybridized carbons (Fsp3) is 0.188. The molecule has 23 heavy (non-hydrogen) atoms. The molecule has 7 heteroatoms. The molecule has 0 saturated heterocycles. The minimum Gasteiger partial charge on any atom is -0.479 e. The van der Waals surface area contributed by atoms with Gasteiger partial charge in [0, 0.05) is 0 Å². The van der Waals surface area contributed by atoms with Gasteiger partial charge in [-0.15, -0.1) is 0 Å². The Labute approximate surface area is 134 Å². The van der Waals surface area contributed by atoms with Crippen LogP contribution in [0.3, 0.4) is 0 Å². The van der Waals surface area contributed by atoms with Gasteiger partial charge in [0.2, 0.25) is 0 Å². The quantitative estimate of drug-likeness (QED) is 0.904. The number of ether oxygens (including phenoxy) is 1. The summed E-state index contributed by atoms with van der Waals surface area (Å²) in [6.45, 7) is 3.53. The summed E-state index contributed by atoms with van der Waals surface area (Å²) in [6.07, 6.45) is -0.572. The van der Waals surface area contributed by atoms with Crippen molar-refractivity contribution >= 4 is 27.3 Å². The van der Waals surface area contributed by atoms with Gasteiger partial charge in [-0.25, -0.2) is 8.42 Å². The molecule has 1 amide bonds. The molecule has 3 rings (SSSR count). The van der Waals surface area contributed by atoms with Crippen molar-refractivity contribution in [2.24, 2.45) is 0 Å². The van der Waals surface area contributed by atoms with Crippen molar-refractivity contribution in [1.82, 2.24) is 0 Å². The summed E-state index contributed by atoms with van der Waals surface area (Å²) in [5.41, 5.74) is 1.77. The van der Waals surface area contributed by atoms with Crippen LogP contribution in [0.5, 0.6) is 5.75 Å². The molecule has 6 nitrogen and oxygen atoms in total. The molecule has 0 aliphatic carbocycles. The molecule has 1 atom stereocenters. The Morgan fingerprint density at radius 1 is 1.13 bits per heavy atom. The van der Waals surface area contributed by atoms with Crippen molar-refractivity contribution in [3.63, 3.8) is 0 Å². The molecule has 0 spiro atoms. The Bertz CT molecular complexity index is 860. The first-order chi connectivity index (χ1) is 10.8. The highest BCUT2D eigenvalue weighted by Crippen LogP contribution is 2.32. The van der Waals surface area contributed by atoms with Crippen LogP contribution < -0.4 is 14.8 Å². The van der Waals surface area contributed by atoms with E-state index in [1.54, 1.807) is 43.3 Å². The minimum atomic E-state index is -3.68. The van der Waals surface area contributed by atoms with Gasteiger partial charge in [0.05, 0.1) is 16.3 Å². The summed E-state index contributed by atoms with van der Waals surface area (Å²) < 4.78 is 32.7. The topological polar surface area (TPSA) is 84.5 Å². The third-order valence-electron chi connectivity index (χ3n) is 3.49. The van der Waals surface area contributed by atoms with Gasteiger partial charge in [0.15, 0.2) is 6.10 Å². The van der Waals surface area contributed by atoms with Crippen molar-refractivity contribution in [2.75, 3.05) is 10.0 Å². The molecule has 1 heterocycles. The number of carbonyl (C=O) groups excluding carboxylic acids is 1. The van der Waals surface area contributed by atoms with Gasteiger partial charge < -0.3 is 10.1 Å². The van der Waals surface area contributed by atoms with Crippen molar-refractivity contribution < 1.29 is 17.9 Å². The van der Waals surface area contributed by atoms with E-state index in [1.807, 2.05) is 6.92 Å². The first-order valence-corrected chi connectivity index (χ1v) is 8.54. The van der Waals surface area contributed by atoms with Gasteiger partial charge in [0.25, 0.3) is 15.9 Å². The number of hydrogen-bond donors (Lipinski definition) is 2. The lowest BCUT2D eigenvalue weighted by molar-refractivity contribution is -0.122. The van der Waals surface area contributed by atoms with Crippen molar-refractivity contribution in [1.29, 1.82) is 0 Å². The highest BCUT2D eigenvalue weighted by atomic mass is 32.2. The number of aryl methyl sites for hydroxylation is 1. The molecule has 1 aliphatic rings. The number of anilines is 2. The second-order valence-electron chi connectivity index (χ2n) is 5.38. The zero-order chi connectivity index (χ0) is 16.6. The van der Waals surface area contributed by atoms with E-state index in [0.717, 1.165) is 5.56 Å². The van der Waals surface area contributed by atoms with E-state index >= 15 is 0 Å². The molecule has 0 radical (unpaired) electrons. The number of nitrogens with one attached hydrogen (secondary N) is 2. The second kappa shape index (κ2) is 5.58. The van der Waals surface area contributed by atoms with E-state index in [0.29, 0.717) is 17.1 Å². The first-order valence-electron chi connectivity index (χ1n) is 7.06. The Morgan fingerprint density at radius 3 is 2.52 bits per heavy atom. The average Bonchev–Trinajstić information content (AvgIpc) is 2.49. The van der Waals surface area contributed by atoms with E-state index in [2.05, 4.69) is 10.0 Å². The largest absolute Gasteiger partial charge is 0.479 e. The zero-order valence-corrected chi connectivity index (χ0v) is 13.5. The number of carbonyl (C=O) groups is 1. The standard InChI is InChI=1S/C16H16N2O4S/c1-10-3-6-13(7-4-10)23(20,21)18-12-5-8-15-14(9-12)17-16(19)11(2)22-15/h3-9,11,18H,1-2H3,(H,17,19)/t11-/m0/s1. The molecular weight excluding hydrogens is 316 g/mol. The Morgan fingerprint density at radius 2 is 1.83 bits per heavy atom. The molecule has 0 fully saturated rings. The number of benzene rings is 2.